The molecule has 0 saturated heterocycles. The Hall–Kier alpha value is -2.49. The van der Waals surface area contributed by atoms with Gasteiger partial charge in [-0.3, -0.25) is 14.6 Å². The van der Waals surface area contributed by atoms with E-state index in [-0.39, 0.29) is 12.1 Å². The van der Waals surface area contributed by atoms with Crippen LogP contribution in [0.4, 0.5) is 13.2 Å². The van der Waals surface area contributed by atoms with Gasteiger partial charge in [-0.15, -0.1) is 0 Å². The summed E-state index contributed by atoms with van der Waals surface area (Å²) in [5.74, 6) is -1.04. The fourth-order valence-electron chi connectivity index (χ4n) is 2.25. The lowest BCUT2D eigenvalue weighted by atomic mass is 9.94. The smallest absolute Gasteiger partial charge is 0.297 e. The van der Waals surface area contributed by atoms with Gasteiger partial charge in [-0.1, -0.05) is 19.1 Å². The molecule has 10 heteroatoms. The number of sulfone groups is 1. The maximum atomic E-state index is 12.6. The molecular weight excluding hydrogens is 373 g/mol. The molecule has 0 aliphatic rings. The van der Waals surface area contributed by atoms with Gasteiger partial charge in [-0.2, -0.15) is 13.2 Å². The van der Waals surface area contributed by atoms with Crippen LogP contribution >= 0.6 is 0 Å². The van der Waals surface area contributed by atoms with Crippen LogP contribution in [0.2, 0.25) is 0 Å². The highest BCUT2D eigenvalue weighted by Gasteiger charge is 2.30. The van der Waals surface area contributed by atoms with E-state index in [1.807, 2.05) is 4.98 Å². The molecule has 0 saturated carbocycles. The third-order valence-electron chi connectivity index (χ3n) is 3.66. The number of hydrogen-bond acceptors (Lipinski definition) is 5. The number of aromatic nitrogens is 2. The van der Waals surface area contributed by atoms with E-state index in [0.717, 1.165) is 24.5 Å². The molecule has 0 bridgehead atoms. The standard InChI is InChI=1S/C16H15F3N2O4S/c1-9(10-3-5-11(6-4-10)16(17,18)19)7-13(22)12-8-14(23)21-15(20-12)26(2,24)25/h3-6,8-9H,7H2,1-2H3,(H,20,21,23)/t9-/m0/s1. The van der Waals surface area contributed by atoms with Crippen molar-refractivity contribution in [1.29, 1.82) is 0 Å². The number of ketones is 1. The Morgan fingerprint density at radius 1 is 1.23 bits per heavy atom. The lowest BCUT2D eigenvalue weighted by Crippen LogP contribution is -2.19. The number of halogens is 3. The summed E-state index contributed by atoms with van der Waals surface area (Å²) in [5.41, 5.74) is -1.40. The Labute approximate surface area is 147 Å². The minimum absolute atomic E-state index is 0.148. The SMILES string of the molecule is C[C@@H](CC(=O)c1cc(=O)[nH]c(S(C)(=O)=O)n1)c1ccc(C(F)(F)F)cc1. The Morgan fingerprint density at radius 2 is 1.81 bits per heavy atom. The second kappa shape index (κ2) is 7.02. The van der Waals surface area contributed by atoms with Crippen LogP contribution in [0.25, 0.3) is 0 Å². The topological polar surface area (TPSA) is 97.0 Å². The van der Waals surface area contributed by atoms with E-state index in [1.54, 1.807) is 6.92 Å². The van der Waals surface area contributed by atoms with Crippen LogP contribution in [0.15, 0.2) is 40.3 Å². The second-order valence-corrected chi connectivity index (χ2v) is 7.79. The molecule has 0 radical (unpaired) electrons. The highest BCUT2D eigenvalue weighted by Crippen LogP contribution is 2.30. The van der Waals surface area contributed by atoms with Crippen LogP contribution in [0.1, 0.15) is 40.9 Å². The van der Waals surface area contributed by atoms with Gasteiger partial charge >= 0.3 is 6.18 Å². The molecule has 1 aromatic carbocycles. The number of benzene rings is 1. The minimum Gasteiger partial charge on any atom is -0.297 e. The number of rotatable bonds is 5. The van der Waals surface area contributed by atoms with Gasteiger partial charge in [0.1, 0.15) is 5.69 Å². The summed E-state index contributed by atoms with van der Waals surface area (Å²) < 4.78 is 60.7. The number of aromatic amines is 1. The van der Waals surface area contributed by atoms with Crippen molar-refractivity contribution in [3.63, 3.8) is 0 Å². The van der Waals surface area contributed by atoms with Crippen molar-refractivity contribution in [3.05, 3.63) is 57.5 Å². The van der Waals surface area contributed by atoms with Gasteiger partial charge < -0.3 is 0 Å². The first-order valence-electron chi connectivity index (χ1n) is 7.39. The molecule has 0 unspecified atom stereocenters. The second-order valence-electron chi connectivity index (χ2n) is 5.86. The van der Waals surface area contributed by atoms with E-state index >= 15 is 0 Å². The first-order valence-corrected chi connectivity index (χ1v) is 9.29. The van der Waals surface area contributed by atoms with Crippen molar-refractivity contribution < 1.29 is 26.4 Å². The molecule has 1 atom stereocenters. The zero-order valence-corrected chi connectivity index (χ0v) is 14.6. The number of H-pyrrole nitrogens is 1. The molecule has 2 rings (SSSR count). The number of hydrogen-bond donors (Lipinski definition) is 1. The number of Topliss-reactive ketones (excluding diaryl/α,β-unsaturated/α-hetero) is 1. The highest BCUT2D eigenvalue weighted by atomic mass is 32.2. The minimum atomic E-state index is -4.45. The van der Waals surface area contributed by atoms with Crippen molar-refractivity contribution >= 4 is 15.6 Å². The molecular formula is C16H15F3N2O4S. The van der Waals surface area contributed by atoms with Crippen LogP contribution in [-0.4, -0.2) is 30.4 Å². The van der Waals surface area contributed by atoms with Crippen LogP contribution in [0.5, 0.6) is 0 Å². The maximum absolute atomic E-state index is 12.6. The van der Waals surface area contributed by atoms with E-state index in [9.17, 15) is 31.2 Å². The average Bonchev–Trinajstić information content (AvgIpc) is 2.52. The molecule has 140 valence electrons. The van der Waals surface area contributed by atoms with E-state index in [1.165, 1.54) is 12.1 Å². The van der Waals surface area contributed by atoms with E-state index in [4.69, 9.17) is 0 Å². The average molecular weight is 388 g/mol. The third-order valence-corrected chi connectivity index (χ3v) is 4.55. The summed E-state index contributed by atoms with van der Waals surface area (Å²) >= 11 is 0. The summed E-state index contributed by atoms with van der Waals surface area (Å²) in [7, 11) is -3.81. The molecule has 26 heavy (non-hydrogen) atoms. The lowest BCUT2D eigenvalue weighted by Gasteiger charge is -2.13. The molecule has 0 fully saturated rings. The van der Waals surface area contributed by atoms with Crippen molar-refractivity contribution in [2.24, 2.45) is 0 Å². The molecule has 0 spiro atoms. The first kappa shape index (κ1) is 19.8. The fraction of sp³-hybridized carbons (Fsp3) is 0.312. The predicted octanol–water partition coefficient (Wildman–Crippen LogP) is 2.57. The fourth-order valence-corrected chi connectivity index (χ4v) is 2.81. The lowest BCUT2D eigenvalue weighted by molar-refractivity contribution is -0.137. The molecule has 0 amide bonds. The Balaban J connectivity index is 2.22. The number of alkyl halides is 3. The van der Waals surface area contributed by atoms with Crippen molar-refractivity contribution in [2.45, 2.75) is 30.6 Å². The van der Waals surface area contributed by atoms with Gasteiger partial charge in [-0.05, 0) is 23.6 Å². The molecule has 1 aromatic heterocycles. The number of carbonyl (C=O) groups excluding carboxylic acids is 1. The van der Waals surface area contributed by atoms with Crippen molar-refractivity contribution in [1.82, 2.24) is 9.97 Å². The molecule has 1 heterocycles. The summed E-state index contributed by atoms with van der Waals surface area (Å²) in [4.78, 5) is 29.5. The third kappa shape index (κ3) is 4.78. The highest BCUT2D eigenvalue weighted by molar-refractivity contribution is 7.90. The van der Waals surface area contributed by atoms with Crippen LogP contribution in [-0.2, 0) is 16.0 Å². The Kier molecular flexibility index (Phi) is 5.36. The molecule has 2 aromatic rings. The summed E-state index contributed by atoms with van der Waals surface area (Å²) in [5, 5.41) is -0.615. The summed E-state index contributed by atoms with van der Waals surface area (Å²) in [6.07, 6.45) is -3.76. The number of nitrogens with zero attached hydrogens (tertiary/aromatic N) is 1. The molecule has 0 aliphatic carbocycles. The maximum Gasteiger partial charge on any atom is 0.416 e. The summed E-state index contributed by atoms with van der Waals surface area (Å²) in [6, 6.07) is 5.27. The molecule has 6 nitrogen and oxygen atoms in total. The van der Waals surface area contributed by atoms with E-state index in [2.05, 4.69) is 4.98 Å². The van der Waals surface area contributed by atoms with Crippen LogP contribution < -0.4 is 5.56 Å². The zero-order chi connectivity index (χ0) is 19.7. The number of nitrogens with one attached hydrogen (secondary N) is 1. The Morgan fingerprint density at radius 3 is 2.31 bits per heavy atom. The van der Waals surface area contributed by atoms with Gasteiger partial charge in [0, 0.05) is 18.7 Å². The molecule has 0 aliphatic heterocycles. The first-order chi connectivity index (χ1) is 11.9. The van der Waals surface area contributed by atoms with Crippen LogP contribution in [0.3, 0.4) is 0 Å². The predicted molar refractivity (Wildman–Crippen MR) is 86.8 cm³/mol. The number of carbonyl (C=O) groups is 1. The van der Waals surface area contributed by atoms with Gasteiger partial charge in [0.05, 0.1) is 5.56 Å². The quantitative estimate of drug-likeness (QED) is 0.627. The molecule has 1 N–H and O–H groups in total. The van der Waals surface area contributed by atoms with Gasteiger partial charge in [0.25, 0.3) is 5.56 Å². The largest absolute Gasteiger partial charge is 0.416 e. The monoisotopic (exact) mass is 388 g/mol. The van der Waals surface area contributed by atoms with Crippen molar-refractivity contribution in [3.8, 4) is 0 Å². The summed E-state index contributed by atoms with van der Waals surface area (Å²) in [6.45, 7) is 1.63. The zero-order valence-electron chi connectivity index (χ0n) is 13.8. The Bertz CT molecular complexity index is 980. The van der Waals surface area contributed by atoms with Gasteiger partial charge in [0.15, 0.2) is 5.78 Å². The van der Waals surface area contributed by atoms with E-state index in [0.29, 0.717) is 5.56 Å². The van der Waals surface area contributed by atoms with Gasteiger partial charge in [-0.25, -0.2) is 13.4 Å². The van der Waals surface area contributed by atoms with E-state index < -0.39 is 44.0 Å². The van der Waals surface area contributed by atoms with Crippen LogP contribution in [0, 0.1) is 0 Å². The normalized spacial score (nSPS) is 13.4. The van der Waals surface area contributed by atoms with Crippen molar-refractivity contribution in [2.75, 3.05) is 6.26 Å². The van der Waals surface area contributed by atoms with Gasteiger partial charge in [0.2, 0.25) is 15.0 Å².